The topological polar surface area (TPSA) is 105 Å². The maximum Gasteiger partial charge on any atom is 0.302 e. The van der Waals surface area contributed by atoms with Gasteiger partial charge in [0.1, 0.15) is 6.10 Å². The summed E-state index contributed by atoms with van der Waals surface area (Å²) in [6, 6.07) is 0. The van der Waals surface area contributed by atoms with Crippen molar-refractivity contribution in [3.8, 4) is 0 Å². The van der Waals surface area contributed by atoms with E-state index < -0.39 is 41.1 Å². The van der Waals surface area contributed by atoms with E-state index in [9.17, 15) is 20.1 Å². The summed E-state index contributed by atoms with van der Waals surface area (Å²) < 4.78 is 18.3. The van der Waals surface area contributed by atoms with Gasteiger partial charge < -0.3 is 28.9 Å². The molecule has 0 saturated heterocycles. The van der Waals surface area contributed by atoms with Gasteiger partial charge in [-0.25, -0.2) is 0 Å². The number of aliphatic hydroxyl groups is 3. The van der Waals surface area contributed by atoms with Crippen molar-refractivity contribution >= 4 is 22.6 Å². The zero-order valence-corrected chi connectivity index (χ0v) is 34.2. The molecule has 2 aliphatic rings. The molecule has 10 unspecified atom stereocenters. The number of hydrogen-bond acceptors (Lipinski definition) is 7. The molecule has 0 spiro atoms. The molecule has 45 heavy (non-hydrogen) atoms. The molecule has 0 radical (unpaired) electrons. The van der Waals surface area contributed by atoms with Gasteiger partial charge in [-0.3, -0.25) is 4.79 Å². The van der Waals surface area contributed by atoms with Crippen molar-refractivity contribution in [3.63, 3.8) is 0 Å². The van der Waals surface area contributed by atoms with Crippen LogP contribution in [0.4, 0.5) is 0 Å². The Hall–Kier alpha value is -0.296. The van der Waals surface area contributed by atoms with E-state index in [1.54, 1.807) is 0 Å². The molecular formula is C36H74O7Si2. The summed E-state index contributed by atoms with van der Waals surface area (Å²) in [5, 5.41) is 30.8. The molecule has 0 heterocycles. The van der Waals surface area contributed by atoms with Gasteiger partial charge in [-0.1, -0.05) is 83.1 Å². The lowest BCUT2D eigenvalue weighted by Crippen LogP contribution is -2.50. The lowest BCUT2D eigenvalue weighted by atomic mass is 9.71. The van der Waals surface area contributed by atoms with Crippen LogP contribution in [0.5, 0.6) is 0 Å². The quantitative estimate of drug-likeness (QED) is 0.151. The van der Waals surface area contributed by atoms with Crippen LogP contribution in [0.2, 0.25) is 36.3 Å². The van der Waals surface area contributed by atoms with E-state index in [1.807, 2.05) is 13.8 Å². The smallest absolute Gasteiger partial charge is 0.302 e. The zero-order chi connectivity index (χ0) is 35.5. The van der Waals surface area contributed by atoms with Gasteiger partial charge in [0, 0.05) is 20.1 Å². The highest BCUT2D eigenvalue weighted by atomic mass is 28.4. The number of carbonyl (C=O) groups is 1. The number of hydrogen-bond donors (Lipinski definition) is 3. The van der Waals surface area contributed by atoms with Gasteiger partial charge in [0.15, 0.2) is 16.6 Å². The van der Waals surface area contributed by atoms with Crippen LogP contribution in [0.15, 0.2) is 0 Å². The highest BCUT2D eigenvalue weighted by molar-refractivity contribution is 6.74. The Morgan fingerprint density at radius 2 is 1.04 bits per heavy atom. The molecule has 2 rings (SSSR count). The Kier molecular flexibility index (Phi) is 15.6. The molecule has 0 aliphatic heterocycles. The molecule has 10 atom stereocenters. The minimum atomic E-state index is -1.87. The largest absolute Gasteiger partial charge is 0.460 e. The fourth-order valence-electron chi connectivity index (χ4n) is 6.65. The van der Waals surface area contributed by atoms with Gasteiger partial charge in [0.25, 0.3) is 0 Å². The number of rotatable bonds is 11. The summed E-state index contributed by atoms with van der Waals surface area (Å²) in [6.07, 6.45) is -0.859. The van der Waals surface area contributed by atoms with Crippen LogP contribution in [0, 0.1) is 47.3 Å². The van der Waals surface area contributed by atoms with Crippen LogP contribution >= 0.6 is 0 Å². The Morgan fingerprint density at radius 1 is 0.689 bits per heavy atom. The summed E-state index contributed by atoms with van der Waals surface area (Å²) in [6.45, 7) is 38.7. The lowest BCUT2D eigenvalue weighted by Gasteiger charge is -2.46. The first-order valence-electron chi connectivity index (χ1n) is 17.7. The third kappa shape index (κ3) is 10.3. The Balaban J connectivity index is 0.000000454. The average molecular weight is 675 g/mol. The standard InChI is InChI=1S/C19H38O4Si.C17H36O3Si/c1-12(2)19(6,7)24(8,9)22-11-16-10-17(23-15(5)20)18(21)14(4)13(16)3;1-11(2)17(5,6)21(7,8)20-10-14-9-15(18)16(19)13(4)12(14)3/h12-14,16-18,21H,10-11H2,1-9H3;11-16,18-19H,9-10H2,1-8H3. The number of esters is 1. The molecule has 2 saturated carbocycles. The number of aliphatic hydroxyl groups excluding tert-OH is 3. The fourth-order valence-corrected chi connectivity index (χ4v) is 11.4. The van der Waals surface area contributed by atoms with Crippen LogP contribution in [-0.2, 0) is 18.4 Å². The van der Waals surface area contributed by atoms with Crippen molar-refractivity contribution < 1.29 is 33.7 Å². The highest BCUT2D eigenvalue weighted by Crippen LogP contribution is 2.47. The van der Waals surface area contributed by atoms with Gasteiger partial charge in [0.05, 0.1) is 18.3 Å². The molecule has 0 aromatic rings. The van der Waals surface area contributed by atoms with Crippen LogP contribution in [-0.4, -0.2) is 75.6 Å². The van der Waals surface area contributed by atoms with Gasteiger partial charge in [-0.2, -0.15) is 0 Å². The molecular weight excluding hydrogens is 601 g/mol. The van der Waals surface area contributed by atoms with E-state index in [0.29, 0.717) is 61.6 Å². The monoisotopic (exact) mass is 674 g/mol. The van der Waals surface area contributed by atoms with Crippen molar-refractivity contribution in [3.05, 3.63) is 0 Å². The normalized spacial score (nSPS) is 33.6. The molecule has 3 N–H and O–H groups in total. The first-order valence-corrected chi connectivity index (χ1v) is 23.5. The molecule has 0 bridgehead atoms. The van der Waals surface area contributed by atoms with Crippen LogP contribution in [0.25, 0.3) is 0 Å². The Morgan fingerprint density at radius 3 is 1.40 bits per heavy atom. The van der Waals surface area contributed by atoms with E-state index in [-0.39, 0.29) is 27.9 Å². The van der Waals surface area contributed by atoms with Crippen molar-refractivity contribution in [2.24, 2.45) is 47.3 Å². The summed E-state index contributed by atoms with van der Waals surface area (Å²) in [4.78, 5) is 11.3. The molecule has 7 nitrogen and oxygen atoms in total. The van der Waals surface area contributed by atoms with Crippen molar-refractivity contribution in [2.45, 2.75) is 164 Å². The van der Waals surface area contributed by atoms with Crippen LogP contribution in [0.1, 0.15) is 103 Å². The maximum atomic E-state index is 11.3. The van der Waals surface area contributed by atoms with E-state index in [1.165, 1.54) is 6.92 Å². The predicted molar refractivity (Wildman–Crippen MR) is 191 cm³/mol. The fraction of sp³-hybridized carbons (Fsp3) is 0.972. The highest BCUT2D eigenvalue weighted by Gasteiger charge is 2.47. The molecule has 9 heteroatoms. The van der Waals surface area contributed by atoms with Gasteiger partial charge in [-0.15, -0.1) is 0 Å². The van der Waals surface area contributed by atoms with Crippen LogP contribution in [0.3, 0.4) is 0 Å². The van der Waals surface area contributed by atoms with Crippen molar-refractivity contribution in [2.75, 3.05) is 13.2 Å². The van der Waals surface area contributed by atoms with Gasteiger partial charge in [0.2, 0.25) is 0 Å². The minimum Gasteiger partial charge on any atom is -0.460 e. The average Bonchev–Trinajstić information content (AvgIpc) is 2.92. The van der Waals surface area contributed by atoms with E-state index in [4.69, 9.17) is 13.6 Å². The predicted octanol–water partition coefficient (Wildman–Crippen LogP) is 7.89. The second-order valence-corrected chi connectivity index (χ2v) is 26.7. The number of carbonyl (C=O) groups excluding carboxylic acids is 1. The summed E-state index contributed by atoms with van der Waals surface area (Å²) in [5.74, 6) is 2.44. The molecule has 2 fully saturated rings. The molecule has 0 aromatic heterocycles. The number of ether oxygens (including phenoxy) is 1. The molecule has 2 aliphatic carbocycles. The minimum absolute atomic E-state index is 0.0968. The first kappa shape index (κ1) is 42.7. The molecule has 268 valence electrons. The maximum absolute atomic E-state index is 11.3. The Labute approximate surface area is 279 Å². The third-order valence-corrected chi connectivity index (χ3v) is 22.8. The molecule has 0 aromatic carbocycles. The lowest BCUT2D eigenvalue weighted by molar-refractivity contribution is -0.164. The summed E-state index contributed by atoms with van der Waals surface area (Å²) in [7, 11) is -3.68. The first-order chi connectivity index (χ1) is 20.2. The molecule has 0 amide bonds. The summed E-state index contributed by atoms with van der Waals surface area (Å²) in [5.41, 5.74) is 0. The van der Waals surface area contributed by atoms with Gasteiger partial charge in [-0.05, 0) is 96.4 Å². The van der Waals surface area contributed by atoms with Crippen LogP contribution < -0.4 is 0 Å². The Bertz CT molecular complexity index is 919. The van der Waals surface area contributed by atoms with Crippen molar-refractivity contribution in [1.29, 1.82) is 0 Å². The second kappa shape index (κ2) is 16.4. The third-order valence-electron chi connectivity index (χ3n) is 13.7. The van der Waals surface area contributed by atoms with E-state index >= 15 is 0 Å². The van der Waals surface area contributed by atoms with E-state index in [2.05, 4.69) is 95.4 Å². The summed E-state index contributed by atoms with van der Waals surface area (Å²) >= 11 is 0. The zero-order valence-electron chi connectivity index (χ0n) is 32.2. The second-order valence-electron chi connectivity index (χ2n) is 17.5. The van der Waals surface area contributed by atoms with Crippen molar-refractivity contribution in [1.82, 2.24) is 0 Å². The van der Waals surface area contributed by atoms with E-state index in [0.717, 1.165) is 0 Å². The van der Waals surface area contributed by atoms with Gasteiger partial charge >= 0.3 is 5.97 Å². The SMILES string of the molecule is CC(=O)OC1CC(CO[Si](C)(C)C(C)(C)C(C)C)C(C)C(C)C1O.CC1C(CO[Si](C)(C)C(C)(C)C(C)C)CC(O)C(O)C1C.